The van der Waals surface area contributed by atoms with Gasteiger partial charge in [-0.25, -0.2) is 0 Å². The summed E-state index contributed by atoms with van der Waals surface area (Å²) in [5.74, 6) is 0.191. The molecule has 3 rings (SSSR count). The van der Waals surface area contributed by atoms with Gasteiger partial charge in [-0.15, -0.1) is 0 Å². The maximum Gasteiger partial charge on any atom is 0.271 e. The van der Waals surface area contributed by atoms with E-state index in [4.69, 9.17) is 0 Å². The minimum Gasteiger partial charge on any atom is -0.368 e. The summed E-state index contributed by atoms with van der Waals surface area (Å²) in [6.45, 7) is 3.67. The molecule has 1 atom stereocenters. The Balaban J connectivity index is 1.60. The minimum absolute atomic E-state index is 0.0237. The zero-order valence-corrected chi connectivity index (χ0v) is 12.4. The molecule has 0 bridgehead atoms. The van der Waals surface area contributed by atoms with Crippen molar-refractivity contribution in [2.24, 2.45) is 0 Å². The Morgan fingerprint density at radius 1 is 1.27 bits per heavy atom. The summed E-state index contributed by atoms with van der Waals surface area (Å²) in [6.07, 6.45) is 1.98. The number of piperazine rings is 1. The molecule has 1 amide bonds. The van der Waals surface area contributed by atoms with E-state index in [0.29, 0.717) is 26.2 Å². The van der Waals surface area contributed by atoms with E-state index in [1.54, 1.807) is 12.1 Å². The second-order valence-electron chi connectivity index (χ2n) is 5.74. The fourth-order valence-corrected chi connectivity index (χ4v) is 3.10. The number of carbonyl (C=O) groups is 1. The lowest BCUT2D eigenvalue weighted by Gasteiger charge is -2.37. The average Bonchev–Trinajstić information content (AvgIpc) is 3.09. The van der Waals surface area contributed by atoms with E-state index in [0.717, 1.165) is 25.1 Å². The van der Waals surface area contributed by atoms with E-state index >= 15 is 0 Å². The number of benzene rings is 1. The number of hydrogen-bond donors (Lipinski definition) is 1. The molecule has 118 valence electrons. The first kappa shape index (κ1) is 14.8. The summed E-state index contributed by atoms with van der Waals surface area (Å²) in [5, 5.41) is 14.1. The quantitative estimate of drug-likeness (QED) is 0.665. The van der Waals surface area contributed by atoms with Crippen molar-refractivity contribution >= 4 is 17.3 Å². The Bertz CT molecular complexity index is 564. The van der Waals surface area contributed by atoms with Crippen molar-refractivity contribution in [2.45, 2.75) is 18.9 Å². The van der Waals surface area contributed by atoms with Crippen LogP contribution in [0.15, 0.2) is 24.3 Å². The van der Waals surface area contributed by atoms with Gasteiger partial charge in [0.15, 0.2) is 0 Å². The number of amides is 1. The number of carbonyl (C=O) groups excluding carboxylic acids is 1. The zero-order valence-electron chi connectivity index (χ0n) is 12.4. The second-order valence-corrected chi connectivity index (χ2v) is 5.74. The number of nitrogens with one attached hydrogen (secondary N) is 1. The van der Waals surface area contributed by atoms with Gasteiger partial charge in [0.2, 0.25) is 5.91 Å². The van der Waals surface area contributed by atoms with Gasteiger partial charge >= 0.3 is 0 Å². The number of non-ortho nitro benzene ring substituents is 1. The Labute approximate surface area is 129 Å². The van der Waals surface area contributed by atoms with Crippen molar-refractivity contribution in [1.29, 1.82) is 0 Å². The molecule has 2 aliphatic heterocycles. The fraction of sp³-hybridized carbons (Fsp3) is 0.533. The predicted octanol–water partition coefficient (Wildman–Crippen LogP) is 0.995. The first-order valence-corrected chi connectivity index (χ1v) is 7.67. The molecule has 2 heterocycles. The van der Waals surface area contributed by atoms with Crippen LogP contribution in [-0.4, -0.2) is 54.5 Å². The Morgan fingerprint density at radius 2 is 2.05 bits per heavy atom. The first-order valence-electron chi connectivity index (χ1n) is 7.67. The highest BCUT2D eigenvalue weighted by atomic mass is 16.6. The van der Waals surface area contributed by atoms with Crippen molar-refractivity contribution in [3.63, 3.8) is 0 Å². The van der Waals surface area contributed by atoms with Gasteiger partial charge < -0.3 is 15.1 Å². The lowest BCUT2D eigenvalue weighted by Crippen LogP contribution is -2.53. The van der Waals surface area contributed by atoms with Crippen LogP contribution in [0.5, 0.6) is 0 Å². The van der Waals surface area contributed by atoms with Crippen LogP contribution in [0.1, 0.15) is 12.8 Å². The van der Waals surface area contributed by atoms with Crippen molar-refractivity contribution in [3.8, 4) is 0 Å². The Kier molecular flexibility index (Phi) is 4.24. The number of rotatable bonds is 3. The van der Waals surface area contributed by atoms with Crippen LogP contribution in [0.25, 0.3) is 0 Å². The summed E-state index contributed by atoms with van der Waals surface area (Å²) in [7, 11) is 0. The standard InChI is InChI=1S/C15H20N4O3/c20-15(14-5-2-6-16-14)18-9-7-17(8-10-18)12-3-1-4-13(11-12)19(21)22/h1,3-4,11,14,16H,2,5-10H2. The zero-order chi connectivity index (χ0) is 15.5. The topological polar surface area (TPSA) is 78.7 Å². The summed E-state index contributed by atoms with van der Waals surface area (Å²) in [5.41, 5.74) is 0.950. The van der Waals surface area contributed by atoms with Gasteiger partial charge in [-0.2, -0.15) is 0 Å². The normalized spacial score (nSPS) is 21.9. The molecule has 7 heteroatoms. The fourth-order valence-electron chi connectivity index (χ4n) is 3.10. The number of nitro benzene ring substituents is 1. The maximum absolute atomic E-state index is 12.3. The highest BCUT2D eigenvalue weighted by molar-refractivity contribution is 5.82. The molecule has 1 aromatic rings. The Morgan fingerprint density at radius 3 is 2.68 bits per heavy atom. The minimum atomic E-state index is -0.380. The van der Waals surface area contributed by atoms with Crippen LogP contribution in [0, 0.1) is 10.1 Å². The molecule has 1 aromatic carbocycles. The van der Waals surface area contributed by atoms with Crippen LogP contribution in [0.2, 0.25) is 0 Å². The van der Waals surface area contributed by atoms with Crippen LogP contribution in [0.4, 0.5) is 11.4 Å². The third-order valence-corrected chi connectivity index (χ3v) is 4.36. The molecule has 0 aliphatic carbocycles. The Hall–Kier alpha value is -2.15. The summed E-state index contributed by atoms with van der Waals surface area (Å²) < 4.78 is 0. The average molecular weight is 304 g/mol. The molecule has 2 saturated heterocycles. The first-order chi connectivity index (χ1) is 10.6. The van der Waals surface area contributed by atoms with Crippen molar-refractivity contribution in [3.05, 3.63) is 34.4 Å². The van der Waals surface area contributed by atoms with Gasteiger partial charge in [0.1, 0.15) is 0 Å². The molecule has 2 aliphatic rings. The molecule has 7 nitrogen and oxygen atoms in total. The van der Waals surface area contributed by atoms with E-state index in [-0.39, 0.29) is 22.6 Å². The molecule has 0 aromatic heterocycles. The third-order valence-electron chi connectivity index (χ3n) is 4.36. The van der Waals surface area contributed by atoms with Crippen LogP contribution in [0.3, 0.4) is 0 Å². The third kappa shape index (κ3) is 3.04. The molecular weight excluding hydrogens is 284 g/mol. The van der Waals surface area contributed by atoms with Gasteiger partial charge in [-0.3, -0.25) is 14.9 Å². The smallest absolute Gasteiger partial charge is 0.271 e. The van der Waals surface area contributed by atoms with Crippen LogP contribution < -0.4 is 10.2 Å². The lowest BCUT2D eigenvalue weighted by atomic mass is 10.1. The molecule has 0 spiro atoms. The molecule has 22 heavy (non-hydrogen) atoms. The van der Waals surface area contributed by atoms with E-state index < -0.39 is 0 Å². The highest BCUT2D eigenvalue weighted by Gasteiger charge is 2.29. The van der Waals surface area contributed by atoms with E-state index in [1.165, 1.54) is 6.07 Å². The predicted molar refractivity (Wildman–Crippen MR) is 82.9 cm³/mol. The maximum atomic E-state index is 12.3. The van der Waals surface area contributed by atoms with E-state index in [2.05, 4.69) is 10.2 Å². The van der Waals surface area contributed by atoms with Crippen LogP contribution >= 0.6 is 0 Å². The highest BCUT2D eigenvalue weighted by Crippen LogP contribution is 2.22. The van der Waals surface area contributed by atoms with E-state index in [1.807, 2.05) is 11.0 Å². The van der Waals surface area contributed by atoms with Crippen molar-refractivity contribution in [1.82, 2.24) is 10.2 Å². The van der Waals surface area contributed by atoms with Gasteiger partial charge in [0.05, 0.1) is 11.0 Å². The van der Waals surface area contributed by atoms with Crippen molar-refractivity contribution < 1.29 is 9.72 Å². The summed E-state index contributed by atoms with van der Waals surface area (Å²) in [6, 6.07) is 6.64. The molecule has 1 unspecified atom stereocenters. The lowest BCUT2D eigenvalue weighted by molar-refractivity contribution is -0.384. The number of hydrogen-bond acceptors (Lipinski definition) is 5. The number of nitro groups is 1. The summed E-state index contributed by atoms with van der Waals surface area (Å²) >= 11 is 0. The molecular formula is C15H20N4O3. The van der Waals surface area contributed by atoms with Gasteiger partial charge in [0, 0.05) is 44.0 Å². The van der Waals surface area contributed by atoms with Gasteiger partial charge in [-0.05, 0) is 25.5 Å². The number of nitrogens with zero attached hydrogens (tertiary/aromatic N) is 3. The molecule has 2 fully saturated rings. The van der Waals surface area contributed by atoms with E-state index in [9.17, 15) is 14.9 Å². The second kappa shape index (κ2) is 6.31. The number of anilines is 1. The molecule has 1 N–H and O–H groups in total. The van der Waals surface area contributed by atoms with Crippen LogP contribution in [-0.2, 0) is 4.79 Å². The summed E-state index contributed by atoms with van der Waals surface area (Å²) in [4.78, 5) is 26.8. The largest absolute Gasteiger partial charge is 0.368 e. The van der Waals surface area contributed by atoms with Gasteiger partial charge in [0.25, 0.3) is 5.69 Å². The van der Waals surface area contributed by atoms with Gasteiger partial charge in [-0.1, -0.05) is 6.07 Å². The molecule has 0 saturated carbocycles. The van der Waals surface area contributed by atoms with Crippen molar-refractivity contribution in [2.75, 3.05) is 37.6 Å². The molecule has 0 radical (unpaired) electrons. The SMILES string of the molecule is O=C(C1CCCN1)N1CCN(c2cccc([N+](=O)[O-])c2)CC1. The monoisotopic (exact) mass is 304 g/mol.